The van der Waals surface area contributed by atoms with Gasteiger partial charge in [-0.3, -0.25) is 9.89 Å². The molecule has 5 heteroatoms. The summed E-state index contributed by atoms with van der Waals surface area (Å²) < 4.78 is 0. The molecule has 2 fully saturated rings. The van der Waals surface area contributed by atoms with E-state index in [0.717, 1.165) is 44.6 Å². The first-order chi connectivity index (χ1) is 11.4. The fourth-order valence-corrected chi connectivity index (χ4v) is 4.41. The van der Waals surface area contributed by atoms with Crippen molar-refractivity contribution in [2.75, 3.05) is 39.8 Å². The quantitative estimate of drug-likeness (QED) is 0.223. The number of nitrogens with zero attached hydrogens (tertiary/aromatic N) is 3. The summed E-state index contributed by atoms with van der Waals surface area (Å²) in [6.07, 6.45) is 15.8. The molecule has 4 nitrogen and oxygen atoms in total. The molecule has 2 heterocycles. The predicted molar refractivity (Wildman–Crippen MR) is 113 cm³/mol. The maximum atomic E-state index is 4.50. The van der Waals surface area contributed by atoms with Crippen LogP contribution in [0, 0.1) is 5.92 Å². The molecule has 3 aliphatic rings. The second-order valence-corrected chi connectivity index (χ2v) is 7.43. The number of aliphatic imine (C=N–C) groups is 1. The van der Waals surface area contributed by atoms with E-state index in [2.05, 4.69) is 32.3 Å². The van der Waals surface area contributed by atoms with Crippen LogP contribution in [0.2, 0.25) is 0 Å². The van der Waals surface area contributed by atoms with Gasteiger partial charge in [-0.2, -0.15) is 0 Å². The fourth-order valence-electron chi connectivity index (χ4n) is 4.41. The van der Waals surface area contributed by atoms with E-state index in [0.29, 0.717) is 6.04 Å². The lowest BCUT2D eigenvalue weighted by atomic mass is 10.0. The van der Waals surface area contributed by atoms with Gasteiger partial charge in [-0.1, -0.05) is 50.7 Å². The van der Waals surface area contributed by atoms with E-state index in [1.54, 1.807) is 0 Å². The Balaban J connectivity index is 0.00000208. The predicted octanol–water partition coefficient (Wildman–Crippen LogP) is 3.49. The van der Waals surface area contributed by atoms with Crippen LogP contribution in [-0.4, -0.2) is 61.6 Å². The number of unbranched alkanes of at least 4 members (excludes halogenated alkanes) is 1. The molecule has 0 aromatic rings. The van der Waals surface area contributed by atoms with Crippen LogP contribution >= 0.6 is 24.0 Å². The largest absolute Gasteiger partial charge is 0.356 e. The molecule has 0 bridgehead atoms. The number of halogens is 1. The zero-order valence-corrected chi connectivity index (χ0v) is 17.6. The summed E-state index contributed by atoms with van der Waals surface area (Å²) in [4.78, 5) is 9.53. The summed E-state index contributed by atoms with van der Waals surface area (Å²) in [7, 11) is 1.92. The summed E-state index contributed by atoms with van der Waals surface area (Å²) in [5.41, 5.74) is 0. The van der Waals surface area contributed by atoms with Crippen LogP contribution in [0.5, 0.6) is 0 Å². The molecule has 1 N–H and O–H groups in total. The lowest BCUT2D eigenvalue weighted by molar-refractivity contribution is 0.259. The number of hydrogen-bond donors (Lipinski definition) is 1. The standard InChI is InChI=1S/C19H34N4.HI/c1-20-19(21-12-5-4-10-17-8-2-3-9-17)23-15-11-18(16-23)22-13-6-7-14-22;/h6-7,17-18H,2-5,8-16H2,1H3,(H,20,21);1H. The van der Waals surface area contributed by atoms with E-state index in [1.165, 1.54) is 51.4 Å². The fraction of sp³-hybridized carbons (Fsp3) is 0.842. The van der Waals surface area contributed by atoms with Gasteiger partial charge >= 0.3 is 0 Å². The summed E-state index contributed by atoms with van der Waals surface area (Å²) in [6.45, 7) is 5.61. The summed E-state index contributed by atoms with van der Waals surface area (Å²) in [6, 6.07) is 0.700. The van der Waals surface area contributed by atoms with E-state index in [4.69, 9.17) is 0 Å². The van der Waals surface area contributed by atoms with Crippen LogP contribution in [0.1, 0.15) is 51.4 Å². The highest BCUT2D eigenvalue weighted by Gasteiger charge is 2.29. The van der Waals surface area contributed by atoms with Gasteiger partial charge in [-0.05, 0) is 18.8 Å². The second kappa shape index (κ2) is 10.6. The molecule has 1 unspecified atom stereocenters. The molecule has 1 saturated carbocycles. The Labute approximate surface area is 165 Å². The Bertz CT molecular complexity index is 410. The zero-order chi connectivity index (χ0) is 15.9. The van der Waals surface area contributed by atoms with E-state index in [1.807, 2.05) is 7.05 Å². The van der Waals surface area contributed by atoms with Crippen molar-refractivity contribution in [3.63, 3.8) is 0 Å². The van der Waals surface area contributed by atoms with Gasteiger partial charge in [0, 0.05) is 45.8 Å². The van der Waals surface area contributed by atoms with E-state index in [-0.39, 0.29) is 24.0 Å². The van der Waals surface area contributed by atoms with Crippen molar-refractivity contribution in [2.24, 2.45) is 10.9 Å². The molecule has 0 aromatic heterocycles. The molecule has 24 heavy (non-hydrogen) atoms. The third kappa shape index (κ3) is 5.61. The molecule has 0 aromatic carbocycles. The second-order valence-electron chi connectivity index (χ2n) is 7.43. The van der Waals surface area contributed by atoms with Gasteiger partial charge in [0.15, 0.2) is 5.96 Å². The van der Waals surface area contributed by atoms with Crippen LogP contribution < -0.4 is 5.32 Å². The van der Waals surface area contributed by atoms with Gasteiger partial charge in [0.05, 0.1) is 0 Å². The summed E-state index contributed by atoms with van der Waals surface area (Å²) in [5.74, 6) is 2.14. The van der Waals surface area contributed by atoms with Crippen molar-refractivity contribution >= 4 is 29.9 Å². The molecule has 1 saturated heterocycles. The van der Waals surface area contributed by atoms with Crippen LogP contribution in [-0.2, 0) is 0 Å². The highest BCUT2D eigenvalue weighted by atomic mass is 127. The molecular weight excluding hydrogens is 411 g/mol. The van der Waals surface area contributed by atoms with Crippen molar-refractivity contribution < 1.29 is 0 Å². The number of likely N-dealkylation sites (tertiary alicyclic amines) is 1. The monoisotopic (exact) mass is 446 g/mol. The van der Waals surface area contributed by atoms with Crippen molar-refractivity contribution in [2.45, 2.75) is 57.4 Å². The van der Waals surface area contributed by atoms with E-state index >= 15 is 0 Å². The molecule has 0 radical (unpaired) electrons. The van der Waals surface area contributed by atoms with Crippen molar-refractivity contribution in [3.8, 4) is 0 Å². The Hall–Kier alpha value is -0.300. The van der Waals surface area contributed by atoms with Gasteiger partial charge in [-0.25, -0.2) is 0 Å². The van der Waals surface area contributed by atoms with E-state index in [9.17, 15) is 0 Å². The lowest BCUT2D eigenvalue weighted by Crippen LogP contribution is -2.43. The van der Waals surface area contributed by atoms with Crippen molar-refractivity contribution in [1.82, 2.24) is 15.1 Å². The number of nitrogens with one attached hydrogen (secondary N) is 1. The first-order valence-electron chi connectivity index (χ1n) is 9.71. The molecule has 1 aliphatic carbocycles. The molecule has 2 aliphatic heterocycles. The highest BCUT2D eigenvalue weighted by Crippen LogP contribution is 2.28. The molecule has 0 spiro atoms. The van der Waals surface area contributed by atoms with Gasteiger partial charge in [0.1, 0.15) is 0 Å². The minimum Gasteiger partial charge on any atom is -0.356 e. The molecule has 138 valence electrons. The lowest BCUT2D eigenvalue weighted by Gasteiger charge is -2.25. The van der Waals surface area contributed by atoms with Gasteiger partial charge < -0.3 is 10.2 Å². The molecular formula is C19H35IN4. The first-order valence-corrected chi connectivity index (χ1v) is 9.71. The van der Waals surface area contributed by atoms with Crippen molar-refractivity contribution in [1.29, 1.82) is 0 Å². The maximum absolute atomic E-state index is 4.50. The third-order valence-electron chi connectivity index (χ3n) is 5.83. The Morgan fingerprint density at radius 2 is 1.88 bits per heavy atom. The molecule has 3 rings (SSSR count). The Kier molecular flexibility index (Phi) is 8.87. The van der Waals surface area contributed by atoms with Gasteiger partial charge in [0.2, 0.25) is 0 Å². The minimum absolute atomic E-state index is 0. The molecule has 0 amide bonds. The zero-order valence-electron chi connectivity index (χ0n) is 15.3. The van der Waals surface area contributed by atoms with Gasteiger partial charge in [-0.15, -0.1) is 24.0 Å². The average molecular weight is 446 g/mol. The summed E-state index contributed by atoms with van der Waals surface area (Å²) in [5, 5.41) is 3.59. The minimum atomic E-state index is 0. The highest BCUT2D eigenvalue weighted by molar-refractivity contribution is 14.0. The maximum Gasteiger partial charge on any atom is 0.193 e. The normalized spacial score (nSPS) is 25.5. The first kappa shape index (κ1) is 20.0. The number of hydrogen-bond acceptors (Lipinski definition) is 2. The Morgan fingerprint density at radius 1 is 1.12 bits per heavy atom. The third-order valence-corrected chi connectivity index (χ3v) is 5.83. The topological polar surface area (TPSA) is 30.9 Å². The van der Waals surface area contributed by atoms with Gasteiger partial charge in [0.25, 0.3) is 0 Å². The molecule has 1 atom stereocenters. The van der Waals surface area contributed by atoms with Crippen molar-refractivity contribution in [3.05, 3.63) is 12.2 Å². The van der Waals surface area contributed by atoms with Crippen LogP contribution in [0.4, 0.5) is 0 Å². The smallest absolute Gasteiger partial charge is 0.193 e. The SMILES string of the molecule is CN=C(NCCCCC1CCCC1)N1CCC(N2CC=CC2)C1.I. The summed E-state index contributed by atoms with van der Waals surface area (Å²) >= 11 is 0. The number of guanidine groups is 1. The van der Waals surface area contributed by atoms with Crippen LogP contribution in [0.3, 0.4) is 0 Å². The average Bonchev–Trinajstić information content (AvgIpc) is 3.32. The van der Waals surface area contributed by atoms with Crippen LogP contribution in [0.15, 0.2) is 17.1 Å². The van der Waals surface area contributed by atoms with Crippen LogP contribution in [0.25, 0.3) is 0 Å². The Morgan fingerprint density at radius 3 is 2.58 bits per heavy atom. The number of rotatable bonds is 6. The van der Waals surface area contributed by atoms with E-state index < -0.39 is 0 Å².